The van der Waals surface area contributed by atoms with Crippen LogP contribution in [0, 0.1) is 5.92 Å². The van der Waals surface area contributed by atoms with Gasteiger partial charge in [0.15, 0.2) is 0 Å². The van der Waals surface area contributed by atoms with E-state index >= 15 is 0 Å². The molecule has 1 rings (SSSR count). The molecular weight excluding hydrogens is 202 g/mol. The van der Waals surface area contributed by atoms with Gasteiger partial charge in [-0.25, -0.2) is 17.4 Å². The molecule has 0 aliphatic rings. The predicted octanol–water partition coefficient (Wildman–Crippen LogP) is -0.172. The van der Waals surface area contributed by atoms with E-state index < -0.39 is 10.0 Å². The molecule has 2 N–H and O–H groups in total. The van der Waals surface area contributed by atoms with E-state index in [9.17, 15) is 8.42 Å². The van der Waals surface area contributed by atoms with Crippen molar-refractivity contribution in [3.63, 3.8) is 0 Å². The number of aromatic nitrogens is 2. The Balaban J connectivity index is 2.94. The third-order valence-electron chi connectivity index (χ3n) is 2.00. The van der Waals surface area contributed by atoms with Crippen LogP contribution in [0.15, 0.2) is 12.5 Å². The van der Waals surface area contributed by atoms with Crippen molar-refractivity contribution in [1.29, 1.82) is 0 Å². The minimum Gasteiger partial charge on any atom is -0.330 e. The maximum absolute atomic E-state index is 11.3. The molecule has 0 saturated carbocycles. The molecular formula is C8H15N3O2S. The van der Waals surface area contributed by atoms with E-state index in [1.54, 1.807) is 6.20 Å². The summed E-state index contributed by atoms with van der Waals surface area (Å²) in [4.78, 5) is 3.82. The van der Waals surface area contributed by atoms with Crippen LogP contribution >= 0.6 is 0 Å². The summed E-state index contributed by atoms with van der Waals surface area (Å²) < 4.78 is 23.7. The summed E-state index contributed by atoms with van der Waals surface area (Å²) >= 11 is 0. The van der Waals surface area contributed by atoms with Gasteiger partial charge in [-0.2, -0.15) is 0 Å². The fraction of sp³-hybridized carbons (Fsp3) is 0.625. The number of nitrogens with two attached hydrogens (primary N) is 1. The normalized spacial score (nSPS) is 14.2. The molecule has 0 bridgehead atoms. The van der Waals surface area contributed by atoms with Crippen molar-refractivity contribution in [3.05, 3.63) is 18.2 Å². The highest BCUT2D eigenvalue weighted by molar-refractivity contribution is 7.89. The van der Waals surface area contributed by atoms with Crippen molar-refractivity contribution in [3.8, 4) is 0 Å². The van der Waals surface area contributed by atoms with Gasteiger partial charge in [-0.15, -0.1) is 0 Å². The maximum atomic E-state index is 11.3. The monoisotopic (exact) mass is 217 g/mol. The molecule has 1 heterocycles. The van der Waals surface area contributed by atoms with Crippen LogP contribution in [0.5, 0.6) is 0 Å². The fourth-order valence-corrected chi connectivity index (χ4v) is 1.97. The molecule has 0 fully saturated rings. The molecule has 0 amide bonds. The third kappa shape index (κ3) is 2.55. The molecule has 0 aromatic carbocycles. The number of hydrogen-bond acceptors (Lipinski definition) is 4. The zero-order chi connectivity index (χ0) is 10.8. The summed E-state index contributed by atoms with van der Waals surface area (Å²) in [7, 11) is -3.23. The van der Waals surface area contributed by atoms with Crippen LogP contribution in [-0.2, 0) is 16.4 Å². The van der Waals surface area contributed by atoms with E-state index in [4.69, 9.17) is 5.73 Å². The lowest BCUT2D eigenvalue weighted by Gasteiger charge is -2.09. The maximum Gasteiger partial charge on any atom is 0.237 e. The molecule has 1 atom stereocenters. The second-order valence-corrected chi connectivity index (χ2v) is 5.35. The lowest BCUT2D eigenvalue weighted by molar-refractivity contribution is 0.568. The summed E-state index contributed by atoms with van der Waals surface area (Å²) in [5, 5.41) is 0. The van der Waals surface area contributed by atoms with Crippen molar-refractivity contribution in [1.82, 2.24) is 8.96 Å². The van der Waals surface area contributed by atoms with E-state index in [1.807, 2.05) is 6.92 Å². The van der Waals surface area contributed by atoms with Gasteiger partial charge < -0.3 is 5.73 Å². The van der Waals surface area contributed by atoms with Crippen LogP contribution in [0.2, 0.25) is 0 Å². The Morgan fingerprint density at radius 1 is 1.64 bits per heavy atom. The van der Waals surface area contributed by atoms with Gasteiger partial charge in [-0.05, 0) is 18.9 Å². The van der Waals surface area contributed by atoms with E-state index in [2.05, 4.69) is 4.98 Å². The van der Waals surface area contributed by atoms with Crippen LogP contribution in [0.3, 0.4) is 0 Å². The van der Waals surface area contributed by atoms with Gasteiger partial charge in [0, 0.05) is 6.20 Å². The molecule has 6 heteroatoms. The van der Waals surface area contributed by atoms with Crippen LogP contribution in [-0.4, -0.2) is 30.2 Å². The first-order valence-electron chi connectivity index (χ1n) is 4.37. The number of rotatable bonds is 4. The van der Waals surface area contributed by atoms with Gasteiger partial charge in [-0.3, -0.25) is 0 Å². The minimum absolute atomic E-state index is 0.257. The van der Waals surface area contributed by atoms with Crippen molar-refractivity contribution in [2.75, 3.05) is 12.8 Å². The number of imidazole rings is 1. The Labute approximate surface area is 84.0 Å². The van der Waals surface area contributed by atoms with Gasteiger partial charge in [0.1, 0.15) is 6.33 Å². The Bertz CT molecular complexity index is 396. The summed E-state index contributed by atoms with van der Waals surface area (Å²) in [6.45, 7) is 2.51. The van der Waals surface area contributed by atoms with Crippen LogP contribution in [0.1, 0.15) is 12.6 Å². The molecule has 1 aromatic heterocycles. The molecule has 0 aliphatic carbocycles. The quantitative estimate of drug-likeness (QED) is 0.759. The Hall–Kier alpha value is -0.880. The predicted molar refractivity (Wildman–Crippen MR) is 54.4 cm³/mol. The fourth-order valence-electron chi connectivity index (χ4n) is 1.19. The van der Waals surface area contributed by atoms with Crippen molar-refractivity contribution >= 4 is 10.0 Å². The van der Waals surface area contributed by atoms with Crippen molar-refractivity contribution in [2.24, 2.45) is 11.7 Å². The highest BCUT2D eigenvalue weighted by Gasteiger charge is 2.12. The van der Waals surface area contributed by atoms with Gasteiger partial charge in [-0.1, -0.05) is 6.92 Å². The lowest BCUT2D eigenvalue weighted by atomic mass is 10.1. The number of hydrogen-bond donors (Lipinski definition) is 1. The van der Waals surface area contributed by atoms with Gasteiger partial charge in [0.05, 0.1) is 11.9 Å². The van der Waals surface area contributed by atoms with Crippen LogP contribution < -0.4 is 5.73 Å². The standard InChI is InChI=1S/C8H15N3O2S/c1-7(4-9)3-8-5-10-6-11(8)14(2,12)13/h5-7H,3-4,9H2,1-2H3. The zero-order valence-corrected chi connectivity index (χ0v) is 9.16. The van der Waals surface area contributed by atoms with Crippen molar-refractivity contribution < 1.29 is 8.42 Å². The molecule has 80 valence electrons. The van der Waals surface area contributed by atoms with E-state index in [0.717, 1.165) is 6.26 Å². The van der Waals surface area contributed by atoms with Gasteiger partial charge >= 0.3 is 0 Å². The first kappa shape index (κ1) is 11.2. The van der Waals surface area contributed by atoms with E-state index in [1.165, 1.54) is 10.3 Å². The highest BCUT2D eigenvalue weighted by Crippen LogP contribution is 2.09. The SMILES string of the molecule is CC(CN)Cc1cncn1S(C)(=O)=O. The smallest absolute Gasteiger partial charge is 0.237 e. The molecule has 1 aromatic rings. The molecule has 0 aliphatic heterocycles. The highest BCUT2D eigenvalue weighted by atomic mass is 32.2. The largest absolute Gasteiger partial charge is 0.330 e. The zero-order valence-electron chi connectivity index (χ0n) is 8.34. The average Bonchev–Trinajstić information content (AvgIpc) is 2.51. The van der Waals surface area contributed by atoms with Gasteiger partial charge in [0.25, 0.3) is 0 Å². The molecule has 0 spiro atoms. The average molecular weight is 217 g/mol. The summed E-state index contributed by atoms with van der Waals surface area (Å²) in [5.74, 6) is 0.257. The second-order valence-electron chi connectivity index (χ2n) is 3.49. The molecule has 0 saturated heterocycles. The van der Waals surface area contributed by atoms with Crippen LogP contribution in [0.4, 0.5) is 0 Å². The van der Waals surface area contributed by atoms with Crippen molar-refractivity contribution in [2.45, 2.75) is 13.3 Å². The topological polar surface area (TPSA) is 78.0 Å². The Morgan fingerprint density at radius 2 is 2.29 bits per heavy atom. The Kier molecular flexibility index (Phi) is 3.28. The number of nitrogens with zero attached hydrogens (tertiary/aromatic N) is 2. The summed E-state index contributed by atoms with van der Waals surface area (Å²) in [5.41, 5.74) is 6.15. The van der Waals surface area contributed by atoms with E-state index in [0.29, 0.717) is 18.7 Å². The second kappa shape index (κ2) is 4.10. The molecule has 0 radical (unpaired) electrons. The summed E-state index contributed by atoms with van der Waals surface area (Å²) in [6, 6.07) is 0. The van der Waals surface area contributed by atoms with Crippen LogP contribution in [0.25, 0.3) is 0 Å². The minimum atomic E-state index is -3.23. The van der Waals surface area contributed by atoms with Gasteiger partial charge in [0.2, 0.25) is 10.0 Å². The third-order valence-corrected chi connectivity index (χ3v) is 3.04. The molecule has 1 unspecified atom stereocenters. The molecule has 5 nitrogen and oxygen atoms in total. The lowest BCUT2D eigenvalue weighted by Crippen LogP contribution is -2.18. The first-order chi connectivity index (χ1) is 6.45. The molecule has 14 heavy (non-hydrogen) atoms. The first-order valence-corrected chi connectivity index (χ1v) is 6.21. The van der Waals surface area contributed by atoms with E-state index in [-0.39, 0.29) is 5.92 Å². The Morgan fingerprint density at radius 3 is 2.79 bits per heavy atom. The summed E-state index contributed by atoms with van der Waals surface area (Å²) in [6.07, 6.45) is 4.66.